The Balaban J connectivity index is 0.000000217. The van der Waals surface area contributed by atoms with Gasteiger partial charge >= 0.3 is 29.2 Å². The molecule has 2 aliphatic rings. The molecule has 0 radical (unpaired) electrons. The number of aliphatic carboxylic acids is 1. The fourth-order valence-corrected chi connectivity index (χ4v) is 10.2. The lowest BCUT2D eigenvalue weighted by molar-refractivity contribution is -0.141. The van der Waals surface area contributed by atoms with E-state index in [0.29, 0.717) is 31.7 Å². The fraction of sp³-hybridized carbons (Fsp3) is 0.478. The van der Waals surface area contributed by atoms with Gasteiger partial charge in [-0.3, -0.25) is 28.3 Å². The van der Waals surface area contributed by atoms with Gasteiger partial charge in [-0.1, -0.05) is 64.2 Å². The highest BCUT2D eigenvalue weighted by Crippen LogP contribution is 2.43. The third kappa shape index (κ3) is 16.7. The average molecular weight is 1220 g/mol. The van der Waals surface area contributed by atoms with Crippen molar-refractivity contribution in [3.05, 3.63) is 93.6 Å². The molecule has 6 aromatic rings. The van der Waals surface area contributed by atoms with Crippen molar-refractivity contribution in [3.8, 4) is 0 Å². The minimum absolute atomic E-state index is 0.00479. The lowest BCUT2D eigenvalue weighted by Gasteiger charge is -2.21. The number of halogens is 4. The highest BCUT2D eigenvalue weighted by atomic mass is 32.2. The smallest absolute Gasteiger partial charge is 0.351 e. The quantitative estimate of drug-likeness (QED) is 0.0354. The Morgan fingerprint density at radius 1 is 0.667 bits per heavy atom. The van der Waals surface area contributed by atoms with E-state index in [0.717, 1.165) is 50.4 Å². The van der Waals surface area contributed by atoms with E-state index in [-0.39, 0.29) is 27.6 Å². The number of carboxylic acid groups (broad SMARTS) is 1. The van der Waals surface area contributed by atoms with Crippen molar-refractivity contribution in [1.29, 1.82) is 0 Å². The summed E-state index contributed by atoms with van der Waals surface area (Å²) >= 11 is 5.74. The molecule has 440 valence electrons. The summed E-state index contributed by atoms with van der Waals surface area (Å²) in [6.45, 7) is 10.6. The molecule has 2 aliphatic heterocycles. The van der Waals surface area contributed by atoms with Crippen LogP contribution in [0.5, 0.6) is 0 Å². The number of nitrogens with two attached hydrogens (primary N) is 1. The Bertz CT molecular complexity index is 3290. The van der Waals surface area contributed by atoms with Crippen LogP contribution in [0.25, 0.3) is 0 Å². The second-order valence-corrected chi connectivity index (χ2v) is 24.0. The molecular formula is C46H54F4N12O15S4. The number of amides is 3. The molecule has 6 atom stereocenters. The van der Waals surface area contributed by atoms with E-state index in [9.17, 15) is 56.5 Å². The van der Waals surface area contributed by atoms with Crippen molar-refractivity contribution in [3.63, 3.8) is 0 Å². The molecule has 0 spiro atoms. The third-order valence-corrected chi connectivity index (χ3v) is 15.0. The number of thioether (sulfide) groups is 2. The second kappa shape index (κ2) is 26.5. The Labute approximate surface area is 471 Å². The Morgan fingerprint density at radius 2 is 1.09 bits per heavy atom. The first-order valence-electron chi connectivity index (χ1n) is 23.7. The number of oxazole rings is 2. The molecule has 10 N–H and O–H groups in total. The largest absolute Gasteiger partial charge is 0.481 e. The molecular weight excluding hydrogens is 1160 g/mol. The van der Waals surface area contributed by atoms with Gasteiger partial charge in [0.05, 0.1) is 57.9 Å². The first kappa shape index (κ1) is 63.5. The summed E-state index contributed by atoms with van der Waals surface area (Å²) in [5.41, 5.74) is 2.99. The predicted molar refractivity (Wildman–Crippen MR) is 282 cm³/mol. The first-order chi connectivity index (χ1) is 37.9. The minimum Gasteiger partial charge on any atom is -0.481 e. The predicted octanol–water partition coefficient (Wildman–Crippen LogP) is 3.98. The van der Waals surface area contributed by atoms with E-state index in [1.54, 1.807) is 36.5 Å². The fourth-order valence-electron chi connectivity index (χ4n) is 6.82. The number of aliphatic hydroxyl groups excluding tert-OH is 4. The number of hydrogen-bond donors (Lipinski definition) is 9. The van der Waals surface area contributed by atoms with E-state index in [4.69, 9.17) is 39.4 Å². The van der Waals surface area contributed by atoms with Crippen LogP contribution < -0.4 is 33.1 Å². The topological polar surface area (TPSA) is 398 Å². The number of nitrogens with one attached hydrogen (secondary N) is 3. The molecule has 35 heteroatoms. The molecule has 2 saturated heterocycles. The van der Waals surface area contributed by atoms with Crippen LogP contribution >= 0.6 is 46.2 Å². The lowest BCUT2D eigenvalue weighted by Crippen LogP contribution is -2.41. The van der Waals surface area contributed by atoms with Crippen molar-refractivity contribution in [1.82, 2.24) is 39.0 Å². The zero-order valence-electron chi connectivity index (χ0n) is 43.4. The summed E-state index contributed by atoms with van der Waals surface area (Å²) in [6, 6.07) is 2.04. The number of aliphatic hydroxyl groups is 4. The van der Waals surface area contributed by atoms with Gasteiger partial charge in [0.15, 0.2) is 22.5 Å². The van der Waals surface area contributed by atoms with Crippen molar-refractivity contribution in [2.24, 2.45) is 0 Å². The molecule has 2 fully saturated rings. The van der Waals surface area contributed by atoms with Gasteiger partial charge in [0.2, 0.25) is 42.0 Å². The summed E-state index contributed by atoms with van der Waals surface area (Å²) in [6.07, 6.45) is -5.10. The number of hydrogen-bond acceptors (Lipinski definition) is 25. The number of thiazole rings is 2. The molecule has 8 heterocycles. The maximum atomic E-state index is 14.3. The van der Waals surface area contributed by atoms with E-state index in [2.05, 4.69) is 61.3 Å². The van der Waals surface area contributed by atoms with Crippen LogP contribution in [0.4, 0.5) is 39.5 Å². The maximum Gasteiger partial charge on any atom is 0.351 e. The molecule has 0 aromatic carbocycles. The van der Waals surface area contributed by atoms with E-state index in [1.807, 2.05) is 26.1 Å². The van der Waals surface area contributed by atoms with Crippen molar-refractivity contribution in [2.75, 3.05) is 34.9 Å². The van der Waals surface area contributed by atoms with E-state index >= 15 is 0 Å². The number of nitrogens with zero attached hydrogens (tertiary/aromatic N) is 8. The van der Waals surface area contributed by atoms with Crippen LogP contribution in [0.1, 0.15) is 90.1 Å². The van der Waals surface area contributed by atoms with Crippen molar-refractivity contribution < 1.29 is 80.6 Å². The van der Waals surface area contributed by atoms with Gasteiger partial charge in [0.25, 0.3) is 0 Å². The lowest BCUT2D eigenvalue weighted by atomic mass is 9.94. The van der Waals surface area contributed by atoms with Gasteiger partial charge in [0.1, 0.15) is 48.2 Å². The Kier molecular flexibility index (Phi) is 20.7. The number of rotatable bonds is 17. The molecule has 0 bridgehead atoms. The third-order valence-electron chi connectivity index (χ3n) is 10.9. The molecule has 0 saturated carbocycles. The van der Waals surface area contributed by atoms with Crippen LogP contribution in [0.15, 0.2) is 76.2 Å². The summed E-state index contributed by atoms with van der Waals surface area (Å²) in [7, 11) is 0. The molecule has 3 amide bonds. The second-order valence-electron chi connectivity index (χ2n) is 19.4. The molecule has 2 unspecified atom stereocenters. The molecule has 27 nitrogen and oxygen atoms in total. The summed E-state index contributed by atoms with van der Waals surface area (Å²) in [5.74, 6) is -8.03. The van der Waals surface area contributed by atoms with Crippen molar-refractivity contribution >= 4 is 91.8 Å². The number of carbonyl (C=O) groups excluding carboxylic acids is 3. The molecule has 6 aromatic heterocycles. The molecule has 0 aliphatic carbocycles. The standard InChI is InChI=1S/C23H26F2N6O7S2.C12H13F2N3O7.C11H15N3OS2/c1-22(2,3)12-7-26-16(38-12)10-39-17-8-27-20(40-17)30-15(34)6-14(33)28-13-4-5-31(21(36)29-13)19-23(24,25)18(35)11(9-32)37-19;13-12(14)9(22)5(4-18)24-10(12)17-2-1-6(16-11(17)23)15-7(19)3-8(20)21;1-11(2,3)7-4-13-8(15-7)6-16-9-5-14-10(12)17-9/h4-5,7-8,11,18-19,32,35H,6,9-10H2,1-3H3,(H,27,30,34)(H,28,29,33,36);1-2,5,9-10,18,22H,3-4H2,(H,20,21)(H,15,16,19,23);4-5H,6H2,1-3H3,(H2,12,14)/t11-,18?,19-;5-,9?,10-;/m11./s1. The van der Waals surface area contributed by atoms with Crippen LogP contribution in [0, 0.1) is 0 Å². The number of carboxylic acids is 1. The highest BCUT2D eigenvalue weighted by molar-refractivity contribution is 8.00. The summed E-state index contributed by atoms with van der Waals surface area (Å²) in [5, 5.41) is 53.1. The number of aromatic nitrogens is 8. The monoisotopic (exact) mass is 1220 g/mol. The SMILES string of the molecule is CC(C)(C)c1cnc(CSc2cnc(N)s2)o1.CC(C)(C)c1cnc(CSc2cnc(NC(=O)CC(=O)Nc3ccn([C@@H]4O[C@H](CO)C(O)C4(F)F)c(=O)n3)s2)o1.O=C(O)CC(=O)Nc1ccn([C@@H]2O[C@H](CO)C(O)C2(F)F)c(=O)n1. The van der Waals surface area contributed by atoms with Crippen LogP contribution in [-0.2, 0) is 51.0 Å². The van der Waals surface area contributed by atoms with Gasteiger partial charge in [-0.2, -0.15) is 27.5 Å². The summed E-state index contributed by atoms with van der Waals surface area (Å²) < 4.78 is 80.3. The number of anilines is 4. The number of ether oxygens (including phenoxy) is 2. The average Bonchev–Trinajstić information content (AvgIpc) is 4.28. The zero-order valence-corrected chi connectivity index (χ0v) is 46.7. The highest BCUT2D eigenvalue weighted by Gasteiger charge is 2.60. The van der Waals surface area contributed by atoms with E-state index < -0.39 is 110 Å². The zero-order chi connectivity index (χ0) is 59.8. The van der Waals surface area contributed by atoms with Gasteiger partial charge < -0.3 is 65.5 Å². The first-order valence-corrected chi connectivity index (χ1v) is 27.3. The van der Waals surface area contributed by atoms with Crippen molar-refractivity contribution in [2.45, 2.75) is 134 Å². The summed E-state index contributed by atoms with van der Waals surface area (Å²) in [4.78, 5) is 93.8. The van der Waals surface area contributed by atoms with Crippen LogP contribution in [0.2, 0.25) is 0 Å². The molecule has 81 heavy (non-hydrogen) atoms. The minimum atomic E-state index is -3.87. The molecule has 8 rings (SSSR count). The number of carbonyl (C=O) groups is 4. The van der Waals surface area contributed by atoms with Crippen LogP contribution in [0.3, 0.4) is 0 Å². The van der Waals surface area contributed by atoms with Gasteiger partial charge in [-0.05, 0) is 12.1 Å². The Morgan fingerprint density at radius 3 is 1.46 bits per heavy atom. The van der Waals surface area contributed by atoms with Crippen LogP contribution in [-0.4, -0.2) is 138 Å². The normalized spacial score (nSPS) is 20.1. The number of alkyl halides is 4. The van der Waals surface area contributed by atoms with Gasteiger partial charge in [-0.25, -0.2) is 29.5 Å². The van der Waals surface area contributed by atoms with Gasteiger partial charge in [0, 0.05) is 23.2 Å². The Hall–Kier alpha value is -6.70. The van der Waals surface area contributed by atoms with Gasteiger partial charge in [-0.15, -0.1) is 23.5 Å². The maximum absolute atomic E-state index is 14.3. The van der Waals surface area contributed by atoms with E-state index in [1.165, 1.54) is 34.4 Å². The number of nitrogen functional groups attached to an aromatic ring is 1.